The minimum atomic E-state index is -2.82. The summed E-state index contributed by atoms with van der Waals surface area (Å²) in [5, 5.41) is 14.6. The molecule has 0 heterocycles. The molecule has 2 nitrogen and oxygen atoms in total. The van der Waals surface area contributed by atoms with Crippen LogP contribution in [0.4, 0.5) is 5.69 Å². The van der Waals surface area contributed by atoms with E-state index in [1.807, 2.05) is 18.2 Å². The van der Waals surface area contributed by atoms with Crippen LogP contribution in [0.5, 0.6) is 5.75 Å². The molecule has 0 saturated carbocycles. The molecule has 0 aliphatic rings. The van der Waals surface area contributed by atoms with E-state index in [0.29, 0.717) is 5.75 Å². The molecular weight excluding hydrogens is 489 g/mol. The van der Waals surface area contributed by atoms with Gasteiger partial charge in [-0.25, -0.2) is 0 Å². The van der Waals surface area contributed by atoms with Crippen LogP contribution in [-0.4, -0.2) is 17.8 Å². The van der Waals surface area contributed by atoms with Crippen LogP contribution < -0.4 is 21.2 Å². The molecule has 0 fully saturated rings. The zero-order chi connectivity index (χ0) is 23.0. The number of hydrogen-bond donors (Lipinski definition) is 2. The van der Waals surface area contributed by atoms with Crippen molar-refractivity contribution in [2.45, 2.75) is 19.3 Å². The molecule has 0 saturated heterocycles. The van der Waals surface area contributed by atoms with E-state index in [4.69, 9.17) is 0 Å². The fourth-order valence-corrected chi connectivity index (χ4v) is 12.4. The predicted octanol–water partition coefficient (Wildman–Crippen LogP) is 6.81. The molecule has 33 heavy (non-hydrogen) atoms. The Kier molecular flexibility index (Phi) is 7.53. The maximum absolute atomic E-state index is 9.97. The van der Waals surface area contributed by atoms with Crippen molar-refractivity contribution in [3.8, 4) is 5.75 Å². The fourth-order valence-electron chi connectivity index (χ4n) is 4.61. The zero-order valence-electron chi connectivity index (χ0n) is 18.8. The summed E-state index contributed by atoms with van der Waals surface area (Å²) >= 11 is 4.51. The first-order chi connectivity index (χ1) is 16.1. The van der Waals surface area contributed by atoms with Gasteiger partial charge in [-0.3, -0.25) is 0 Å². The van der Waals surface area contributed by atoms with Gasteiger partial charge in [-0.2, -0.15) is 0 Å². The van der Waals surface area contributed by atoms with Crippen LogP contribution in [0, 0.1) is 0 Å². The molecule has 0 amide bonds. The fraction of sp³-hybridized carbons (Fsp3) is 0.172. The Balaban J connectivity index is 1.59. The van der Waals surface area contributed by atoms with Crippen LogP contribution in [0.1, 0.15) is 19.3 Å². The van der Waals surface area contributed by atoms with Crippen LogP contribution in [0.15, 0.2) is 115 Å². The monoisotopic (exact) mass is 519 g/mol. The number of rotatable bonds is 10. The normalized spacial score (nSPS) is 12.6. The molecule has 2 N–H and O–H groups in total. The number of anilines is 1. The average Bonchev–Trinajstić information content (AvgIpc) is 2.88. The number of benzene rings is 4. The molecule has 4 aromatic rings. The molecule has 0 radical (unpaired) electrons. The van der Waals surface area contributed by atoms with E-state index in [-0.39, 0.29) is 0 Å². The van der Waals surface area contributed by atoms with E-state index < -0.39 is 5.31 Å². The Bertz CT molecular complexity index is 1050. The number of aromatic hydroxyl groups is 1. The minimum absolute atomic E-state index is 0.306. The molecule has 0 aliphatic carbocycles. The van der Waals surface area contributed by atoms with E-state index in [2.05, 4.69) is 112 Å². The van der Waals surface area contributed by atoms with E-state index >= 15 is 0 Å². The van der Waals surface area contributed by atoms with Crippen molar-refractivity contribution >= 4 is 42.4 Å². The first kappa shape index (κ1) is 23.5. The van der Waals surface area contributed by atoms with Crippen LogP contribution in [0.25, 0.3) is 0 Å². The van der Waals surface area contributed by atoms with Gasteiger partial charge in [0.25, 0.3) is 0 Å². The van der Waals surface area contributed by atoms with Gasteiger partial charge in [0.2, 0.25) is 0 Å². The number of para-hydroxylation sites is 2. The topological polar surface area (TPSA) is 32.3 Å². The van der Waals surface area contributed by atoms with Crippen molar-refractivity contribution in [2.24, 2.45) is 0 Å². The van der Waals surface area contributed by atoms with Gasteiger partial charge in [-0.05, 0) is 0 Å². The number of halogens is 1. The molecule has 4 rings (SSSR count). The molecule has 0 aromatic heterocycles. The SMILES string of the molecule is Oc1ccccc1NCCCCCP(Br)(c1ccccc1)(c1ccccc1)c1ccccc1. The Morgan fingerprint density at radius 1 is 0.576 bits per heavy atom. The van der Waals surface area contributed by atoms with Gasteiger partial charge < -0.3 is 0 Å². The molecule has 170 valence electrons. The number of phenols is 1. The van der Waals surface area contributed by atoms with Gasteiger partial charge in [-0.1, -0.05) is 0 Å². The van der Waals surface area contributed by atoms with Crippen LogP contribution in [-0.2, 0) is 0 Å². The van der Waals surface area contributed by atoms with E-state index in [1.54, 1.807) is 6.07 Å². The van der Waals surface area contributed by atoms with Crippen molar-refractivity contribution in [1.29, 1.82) is 0 Å². The van der Waals surface area contributed by atoms with Gasteiger partial charge in [0.05, 0.1) is 0 Å². The van der Waals surface area contributed by atoms with Gasteiger partial charge >= 0.3 is 206 Å². The van der Waals surface area contributed by atoms with Crippen molar-refractivity contribution in [3.05, 3.63) is 115 Å². The zero-order valence-corrected chi connectivity index (χ0v) is 21.3. The molecule has 0 aliphatic heterocycles. The third kappa shape index (κ3) is 4.86. The molecule has 0 spiro atoms. The second-order valence-corrected chi connectivity index (χ2v) is 17.5. The Labute approximate surface area is 205 Å². The second-order valence-electron chi connectivity index (χ2n) is 8.42. The molecule has 4 heteroatoms. The summed E-state index contributed by atoms with van der Waals surface area (Å²) in [5.41, 5.74) is 0.801. The van der Waals surface area contributed by atoms with Crippen molar-refractivity contribution in [2.75, 3.05) is 18.0 Å². The first-order valence-corrected chi connectivity index (χ1v) is 16.0. The summed E-state index contributed by atoms with van der Waals surface area (Å²) in [4.78, 5) is 0. The van der Waals surface area contributed by atoms with Gasteiger partial charge in [0, 0.05) is 0 Å². The molecule has 0 atom stereocenters. The predicted molar refractivity (Wildman–Crippen MR) is 149 cm³/mol. The van der Waals surface area contributed by atoms with Crippen molar-refractivity contribution < 1.29 is 5.11 Å². The summed E-state index contributed by atoms with van der Waals surface area (Å²) in [5.74, 6) is 0.306. The first-order valence-electron chi connectivity index (χ1n) is 11.5. The number of unbranched alkanes of at least 4 members (excludes halogenated alkanes) is 2. The van der Waals surface area contributed by atoms with E-state index in [9.17, 15) is 5.11 Å². The quantitative estimate of drug-likeness (QED) is 0.137. The van der Waals surface area contributed by atoms with Gasteiger partial charge in [-0.15, -0.1) is 0 Å². The average molecular weight is 520 g/mol. The van der Waals surface area contributed by atoms with Crippen LogP contribution >= 0.6 is 20.8 Å². The number of nitrogens with one attached hydrogen (secondary N) is 1. The van der Waals surface area contributed by atoms with Crippen molar-refractivity contribution in [3.63, 3.8) is 0 Å². The third-order valence-electron chi connectivity index (χ3n) is 6.36. The summed E-state index contributed by atoms with van der Waals surface area (Å²) in [6.45, 7) is 0.845. The summed E-state index contributed by atoms with van der Waals surface area (Å²) in [6.07, 6.45) is 4.31. The third-order valence-corrected chi connectivity index (χ3v) is 16.4. The molecule has 4 aromatic carbocycles. The molecule has 0 unspecified atom stereocenters. The van der Waals surface area contributed by atoms with Gasteiger partial charge in [0.1, 0.15) is 0 Å². The van der Waals surface area contributed by atoms with Gasteiger partial charge in [0.15, 0.2) is 0 Å². The molecular formula is C29H31BrNOP. The summed E-state index contributed by atoms with van der Waals surface area (Å²) in [7, 11) is 0. The van der Waals surface area contributed by atoms with Crippen LogP contribution in [0.3, 0.4) is 0 Å². The summed E-state index contributed by atoms with van der Waals surface area (Å²) in [6, 6.07) is 40.3. The summed E-state index contributed by atoms with van der Waals surface area (Å²) < 4.78 is 0. The Morgan fingerprint density at radius 2 is 1.03 bits per heavy atom. The van der Waals surface area contributed by atoms with E-state index in [0.717, 1.165) is 37.7 Å². The Morgan fingerprint density at radius 3 is 1.52 bits per heavy atom. The van der Waals surface area contributed by atoms with Crippen LogP contribution in [0.2, 0.25) is 0 Å². The Hall–Kier alpha value is -2.61. The second kappa shape index (κ2) is 10.5. The van der Waals surface area contributed by atoms with Crippen molar-refractivity contribution in [1.82, 2.24) is 0 Å². The maximum atomic E-state index is 9.97. The number of hydrogen-bond acceptors (Lipinski definition) is 2. The molecule has 0 bridgehead atoms. The standard InChI is InChI=1S/C29H31BrNOP/c30-33(25-15-5-1-6-16-25,26-17-7-2-8-18-26,27-19-9-3-10-20-27)24-14-4-13-23-31-28-21-11-12-22-29(28)32/h1-3,5-12,15-22,31-32H,4,13-14,23-24H2. The van der Waals surface area contributed by atoms with E-state index in [1.165, 1.54) is 15.9 Å². The number of phenolic OH excluding ortho intramolecular Hbond substituents is 1.